The van der Waals surface area contributed by atoms with Crippen LogP contribution in [-0.2, 0) is 16.0 Å². The zero-order valence-electron chi connectivity index (χ0n) is 17.6. The summed E-state index contributed by atoms with van der Waals surface area (Å²) in [5.74, 6) is -0.751. The van der Waals surface area contributed by atoms with E-state index in [1.807, 2.05) is 11.4 Å². The van der Waals surface area contributed by atoms with Crippen molar-refractivity contribution in [3.8, 4) is 0 Å². The van der Waals surface area contributed by atoms with Gasteiger partial charge in [-0.25, -0.2) is 0 Å². The van der Waals surface area contributed by atoms with Gasteiger partial charge in [0, 0.05) is 40.3 Å². The molecule has 32 heavy (non-hydrogen) atoms. The fraction of sp³-hybridized carbons (Fsp3) is 0.208. The minimum atomic E-state index is -0.335. The molecule has 0 saturated carbocycles. The van der Waals surface area contributed by atoms with Crippen molar-refractivity contribution in [2.45, 2.75) is 19.3 Å². The molecule has 0 fully saturated rings. The number of rotatable bonds is 9. The second-order valence-electron chi connectivity index (χ2n) is 7.28. The van der Waals surface area contributed by atoms with Gasteiger partial charge in [0.1, 0.15) is 0 Å². The van der Waals surface area contributed by atoms with Crippen LogP contribution in [0.1, 0.15) is 28.1 Å². The molecule has 3 aromatic rings. The number of likely N-dealkylation sites (N-methyl/N-ethyl adjacent to an activating group) is 1. The van der Waals surface area contributed by atoms with Gasteiger partial charge >= 0.3 is 0 Å². The highest BCUT2D eigenvalue weighted by Crippen LogP contribution is 2.16. The first-order chi connectivity index (χ1) is 15.4. The lowest BCUT2D eigenvalue weighted by Gasteiger charge is -2.17. The number of hydrogen-bond donors (Lipinski definition) is 2. The number of aryl methyl sites for hydroxylation is 1. The molecule has 0 saturated heterocycles. The average Bonchev–Trinajstić information content (AvgIpc) is 3.26. The third kappa shape index (κ3) is 7.21. The Labute approximate surface area is 196 Å². The van der Waals surface area contributed by atoms with Gasteiger partial charge in [0.2, 0.25) is 11.8 Å². The summed E-state index contributed by atoms with van der Waals surface area (Å²) < 4.78 is 0. The molecular weight excluding hydrogens is 446 g/mol. The van der Waals surface area contributed by atoms with Gasteiger partial charge in [-0.05, 0) is 60.7 Å². The molecule has 8 heteroatoms. The van der Waals surface area contributed by atoms with Crippen LogP contribution >= 0.6 is 22.9 Å². The van der Waals surface area contributed by atoms with Gasteiger partial charge in [0.15, 0.2) is 0 Å². The van der Waals surface area contributed by atoms with E-state index in [1.165, 1.54) is 9.78 Å². The molecule has 0 aliphatic carbocycles. The third-order valence-electron chi connectivity index (χ3n) is 4.64. The van der Waals surface area contributed by atoms with Crippen molar-refractivity contribution in [3.05, 3.63) is 81.5 Å². The van der Waals surface area contributed by atoms with Gasteiger partial charge in [0.25, 0.3) is 5.91 Å². The molecule has 0 bridgehead atoms. The number of benzene rings is 2. The Bertz CT molecular complexity index is 1090. The first-order valence-electron chi connectivity index (χ1n) is 10.1. The van der Waals surface area contributed by atoms with Crippen LogP contribution < -0.4 is 10.6 Å². The normalized spacial score (nSPS) is 10.4. The number of anilines is 2. The first kappa shape index (κ1) is 23.5. The van der Waals surface area contributed by atoms with Gasteiger partial charge in [0.05, 0.1) is 6.54 Å². The largest absolute Gasteiger partial charge is 0.332 e. The lowest BCUT2D eigenvalue weighted by Crippen LogP contribution is -2.35. The molecule has 1 heterocycles. The molecule has 0 radical (unpaired) electrons. The Morgan fingerprint density at radius 3 is 2.38 bits per heavy atom. The van der Waals surface area contributed by atoms with Crippen molar-refractivity contribution >= 4 is 52.0 Å². The molecule has 6 nitrogen and oxygen atoms in total. The van der Waals surface area contributed by atoms with Crippen LogP contribution in [0.25, 0.3) is 0 Å². The van der Waals surface area contributed by atoms with Crippen LogP contribution in [0, 0.1) is 0 Å². The Balaban J connectivity index is 1.50. The maximum atomic E-state index is 12.7. The summed E-state index contributed by atoms with van der Waals surface area (Å²) in [4.78, 5) is 39.8. The lowest BCUT2D eigenvalue weighted by molar-refractivity contribution is -0.117. The highest BCUT2D eigenvalue weighted by Gasteiger charge is 2.16. The van der Waals surface area contributed by atoms with Crippen LogP contribution in [0.5, 0.6) is 0 Å². The molecule has 1 aromatic heterocycles. The Morgan fingerprint density at radius 2 is 1.66 bits per heavy atom. The fourth-order valence-corrected chi connectivity index (χ4v) is 4.05. The van der Waals surface area contributed by atoms with Crippen molar-refractivity contribution in [3.63, 3.8) is 0 Å². The number of amides is 3. The van der Waals surface area contributed by atoms with E-state index in [2.05, 4.69) is 16.7 Å². The molecule has 0 spiro atoms. The van der Waals surface area contributed by atoms with Crippen LogP contribution in [0.3, 0.4) is 0 Å². The second-order valence-corrected chi connectivity index (χ2v) is 8.75. The van der Waals surface area contributed by atoms with Gasteiger partial charge < -0.3 is 15.5 Å². The van der Waals surface area contributed by atoms with Gasteiger partial charge in [-0.15, -0.1) is 11.3 Å². The van der Waals surface area contributed by atoms with E-state index in [9.17, 15) is 14.4 Å². The number of halogens is 1. The number of hydrogen-bond acceptors (Lipinski definition) is 4. The van der Waals surface area contributed by atoms with E-state index in [-0.39, 0.29) is 24.3 Å². The maximum absolute atomic E-state index is 12.7. The molecule has 166 valence electrons. The fourth-order valence-electron chi connectivity index (χ4n) is 3.11. The molecule has 2 N–H and O–H groups in total. The summed E-state index contributed by atoms with van der Waals surface area (Å²) in [5, 5.41) is 8.09. The highest BCUT2D eigenvalue weighted by molar-refractivity contribution is 7.09. The molecule has 3 rings (SSSR count). The van der Waals surface area contributed by atoms with E-state index in [1.54, 1.807) is 66.9 Å². The third-order valence-corrected chi connectivity index (χ3v) is 5.81. The standard InChI is InChI=1S/C24H24ClN3O3S/c1-28(16-23(30)27-20-9-3-7-18(25)15-20)24(31)17-6-2-8-19(14-17)26-22(29)12-4-10-21-11-5-13-32-21/h2-3,5-9,11,13-15H,4,10,12,16H2,1H3,(H,26,29)(H,27,30). The van der Waals surface area contributed by atoms with Crippen molar-refractivity contribution < 1.29 is 14.4 Å². The molecule has 0 aliphatic rings. The van der Waals surface area contributed by atoms with Crippen molar-refractivity contribution in [1.29, 1.82) is 0 Å². The Morgan fingerprint density at radius 1 is 0.938 bits per heavy atom. The van der Waals surface area contributed by atoms with Crippen molar-refractivity contribution in [1.82, 2.24) is 4.90 Å². The zero-order chi connectivity index (χ0) is 22.9. The quantitative estimate of drug-likeness (QED) is 0.459. The second kappa shape index (κ2) is 11.5. The topological polar surface area (TPSA) is 78.5 Å². The summed E-state index contributed by atoms with van der Waals surface area (Å²) in [6.45, 7) is -0.120. The number of carbonyl (C=O) groups excluding carboxylic acids is 3. The van der Waals surface area contributed by atoms with E-state index < -0.39 is 0 Å². The molecule has 0 aliphatic heterocycles. The number of nitrogens with one attached hydrogen (secondary N) is 2. The minimum Gasteiger partial charge on any atom is -0.332 e. The SMILES string of the molecule is CN(CC(=O)Nc1cccc(Cl)c1)C(=O)c1cccc(NC(=O)CCCc2cccs2)c1. The molecule has 2 aromatic carbocycles. The molecule has 0 unspecified atom stereocenters. The molecule has 0 atom stereocenters. The maximum Gasteiger partial charge on any atom is 0.254 e. The zero-order valence-corrected chi connectivity index (χ0v) is 19.2. The van der Waals surface area contributed by atoms with E-state index in [0.29, 0.717) is 28.4 Å². The summed E-state index contributed by atoms with van der Waals surface area (Å²) >= 11 is 7.60. The number of nitrogens with zero attached hydrogens (tertiary/aromatic N) is 1. The Kier molecular flexibility index (Phi) is 8.41. The van der Waals surface area contributed by atoms with Gasteiger partial charge in [-0.2, -0.15) is 0 Å². The van der Waals surface area contributed by atoms with Gasteiger partial charge in [-0.3, -0.25) is 14.4 Å². The van der Waals surface area contributed by atoms with E-state index >= 15 is 0 Å². The first-order valence-corrected chi connectivity index (χ1v) is 11.4. The van der Waals surface area contributed by atoms with Crippen LogP contribution in [0.2, 0.25) is 5.02 Å². The summed E-state index contributed by atoms with van der Waals surface area (Å²) in [5.41, 5.74) is 1.50. The monoisotopic (exact) mass is 469 g/mol. The summed E-state index contributed by atoms with van der Waals surface area (Å²) in [6, 6.07) is 17.6. The average molecular weight is 470 g/mol. The number of carbonyl (C=O) groups is 3. The summed E-state index contributed by atoms with van der Waals surface area (Å²) in [7, 11) is 1.55. The smallest absolute Gasteiger partial charge is 0.254 e. The highest BCUT2D eigenvalue weighted by atomic mass is 35.5. The Hall–Kier alpha value is -3.16. The predicted octanol–water partition coefficient (Wildman–Crippen LogP) is 5.07. The van der Waals surface area contributed by atoms with Crippen molar-refractivity contribution in [2.24, 2.45) is 0 Å². The van der Waals surface area contributed by atoms with Gasteiger partial charge in [-0.1, -0.05) is 29.8 Å². The van der Waals surface area contributed by atoms with Crippen LogP contribution in [0.15, 0.2) is 66.0 Å². The molecule has 3 amide bonds. The minimum absolute atomic E-state index is 0.0968. The lowest BCUT2D eigenvalue weighted by atomic mass is 10.1. The van der Waals surface area contributed by atoms with Crippen molar-refractivity contribution in [2.75, 3.05) is 24.2 Å². The van der Waals surface area contributed by atoms with Crippen LogP contribution in [-0.4, -0.2) is 36.2 Å². The molecular formula is C24H24ClN3O3S. The van der Waals surface area contributed by atoms with Crippen LogP contribution in [0.4, 0.5) is 11.4 Å². The van der Waals surface area contributed by atoms with E-state index in [4.69, 9.17) is 11.6 Å². The summed E-state index contributed by atoms with van der Waals surface area (Å²) in [6.07, 6.45) is 2.03. The van der Waals surface area contributed by atoms with E-state index in [0.717, 1.165) is 12.8 Å². The number of thiophene rings is 1. The predicted molar refractivity (Wildman–Crippen MR) is 129 cm³/mol.